The van der Waals surface area contributed by atoms with Crippen LogP contribution < -0.4 is 0 Å². The normalized spacial score (nSPS) is 22.0. The van der Waals surface area contributed by atoms with Gasteiger partial charge in [-0.2, -0.15) is 0 Å². The number of hydrogen-bond donors (Lipinski definition) is 0. The van der Waals surface area contributed by atoms with Crippen molar-refractivity contribution < 1.29 is 28.6 Å². The summed E-state index contributed by atoms with van der Waals surface area (Å²) in [6.07, 6.45) is -1.01. The van der Waals surface area contributed by atoms with Crippen LogP contribution in [0.3, 0.4) is 0 Å². The molecular weight excluding hydrogens is 278 g/mol. The van der Waals surface area contributed by atoms with Crippen LogP contribution in [0.2, 0.25) is 0 Å². The van der Waals surface area contributed by atoms with Gasteiger partial charge >= 0.3 is 11.9 Å². The molecule has 0 aromatic heterocycles. The highest BCUT2D eigenvalue weighted by atomic mass is 16.5. The zero-order chi connectivity index (χ0) is 16.2. The maximum absolute atomic E-state index is 12.4. The van der Waals surface area contributed by atoms with Crippen molar-refractivity contribution in [3.8, 4) is 0 Å². The molecule has 1 heterocycles. The zero-order valence-electron chi connectivity index (χ0n) is 13.2. The van der Waals surface area contributed by atoms with Crippen molar-refractivity contribution in [3.63, 3.8) is 0 Å². The first-order valence-corrected chi connectivity index (χ1v) is 6.88. The molecule has 0 radical (unpaired) electrons. The Hall–Kier alpha value is -1.63. The van der Waals surface area contributed by atoms with E-state index in [0.717, 1.165) is 0 Å². The highest BCUT2D eigenvalue weighted by Gasteiger charge is 2.47. The van der Waals surface area contributed by atoms with E-state index in [1.54, 1.807) is 6.92 Å². The minimum atomic E-state index is -0.832. The molecular formula is C14H23NO6. The highest BCUT2D eigenvalue weighted by Crippen LogP contribution is 2.32. The Morgan fingerprint density at radius 2 is 1.90 bits per heavy atom. The number of methoxy groups -OCH3 is 1. The minimum Gasteiger partial charge on any atom is -0.467 e. The van der Waals surface area contributed by atoms with Gasteiger partial charge in [-0.3, -0.25) is 14.5 Å². The molecule has 0 aliphatic carbocycles. The maximum atomic E-state index is 12.4. The number of esters is 2. The molecule has 7 nitrogen and oxygen atoms in total. The number of carbonyl (C=O) groups is 3. The van der Waals surface area contributed by atoms with Crippen molar-refractivity contribution in [2.24, 2.45) is 5.41 Å². The van der Waals surface area contributed by atoms with Crippen molar-refractivity contribution in [2.75, 3.05) is 20.3 Å². The third kappa shape index (κ3) is 4.17. The molecule has 21 heavy (non-hydrogen) atoms. The van der Waals surface area contributed by atoms with Crippen molar-refractivity contribution in [1.29, 1.82) is 0 Å². The van der Waals surface area contributed by atoms with Gasteiger partial charge in [0.15, 0.2) is 6.04 Å². The van der Waals surface area contributed by atoms with Gasteiger partial charge in [0.05, 0.1) is 20.3 Å². The average Bonchev–Trinajstić information content (AvgIpc) is 2.82. The molecule has 0 aromatic rings. The summed E-state index contributed by atoms with van der Waals surface area (Å²) in [6, 6.07) is -0.832. The fourth-order valence-corrected chi connectivity index (χ4v) is 2.22. The van der Waals surface area contributed by atoms with Gasteiger partial charge in [0.2, 0.25) is 5.91 Å². The quantitative estimate of drug-likeness (QED) is 0.562. The van der Waals surface area contributed by atoms with E-state index in [4.69, 9.17) is 14.2 Å². The molecule has 7 heteroatoms. The SMILES string of the molecule is CCOC(=O)CC(=O)N1[C@H](C(C)(C)C)OC[C@H]1C(=O)OC. The largest absolute Gasteiger partial charge is 0.467 e. The van der Waals surface area contributed by atoms with E-state index in [9.17, 15) is 14.4 Å². The number of carbonyl (C=O) groups excluding carboxylic acids is 3. The summed E-state index contributed by atoms with van der Waals surface area (Å²) >= 11 is 0. The molecule has 0 unspecified atom stereocenters. The molecule has 1 aliphatic heterocycles. The molecule has 1 saturated heterocycles. The van der Waals surface area contributed by atoms with E-state index >= 15 is 0 Å². The second-order valence-electron chi connectivity index (χ2n) is 5.87. The molecule has 1 rings (SSSR count). The summed E-state index contributed by atoms with van der Waals surface area (Å²) in [5.74, 6) is -1.68. The van der Waals surface area contributed by atoms with Crippen molar-refractivity contribution in [3.05, 3.63) is 0 Å². The fraction of sp³-hybridized carbons (Fsp3) is 0.786. The summed E-state index contributed by atoms with van der Waals surface area (Å²) in [4.78, 5) is 36.9. The van der Waals surface area contributed by atoms with Gasteiger partial charge in [0, 0.05) is 5.41 Å². The molecule has 1 fully saturated rings. The summed E-state index contributed by atoms with van der Waals surface area (Å²) in [6.45, 7) is 7.59. The summed E-state index contributed by atoms with van der Waals surface area (Å²) < 4.78 is 15.1. The molecule has 1 amide bonds. The van der Waals surface area contributed by atoms with Crippen LogP contribution in [-0.2, 0) is 28.6 Å². The van der Waals surface area contributed by atoms with Crippen molar-refractivity contribution >= 4 is 17.8 Å². The molecule has 0 aromatic carbocycles. The minimum absolute atomic E-state index is 0.0587. The Morgan fingerprint density at radius 3 is 2.38 bits per heavy atom. The molecule has 2 atom stereocenters. The van der Waals surface area contributed by atoms with E-state index in [1.807, 2.05) is 20.8 Å². The lowest BCUT2D eigenvalue weighted by Crippen LogP contribution is -2.51. The van der Waals surface area contributed by atoms with Gasteiger partial charge in [0.25, 0.3) is 0 Å². The summed E-state index contributed by atoms with van der Waals surface area (Å²) in [7, 11) is 1.25. The Kier molecular flexibility index (Phi) is 5.71. The first kappa shape index (κ1) is 17.4. The number of hydrogen-bond acceptors (Lipinski definition) is 6. The molecule has 0 saturated carbocycles. The lowest BCUT2D eigenvalue weighted by molar-refractivity contribution is -0.159. The van der Waals surface area contributed by atoms with Gasteiger partial charge in [0.1, 0.15) is 12.6 Å². The van der Waals surface area contributed by atoms with Gasteiger partial charge in [-0.25, -0.2) is 4.79 Å². The Balaban J connectivity index is 2.94. The average molecular weight is 301 g/mol. The smallest absolute Gasteiger partial charge is 0.331 e. The Bertz CT molecular complexity index is 414. The van der Waals surface area contributed by atoms with Crippen LogP contribution in [0.15, 0.2) is 0 Å². The van der Waals surface area contributed by atoms with Crippen LogP contribution in [0, 0.1) is 5.41 Å². The van der Waals surface area contributed by atoms with Crippen LogP contribution in [0.4, 0.5) is 0 Å². The molecule has 1 aliphatic rings. The van der Waals surface area contributed by atoms with E-state index in [0.29, 0.717) is 0 Å². The molecule has 0 bridgehead atoms. The van der Waals surface area contributed by atoms with Crippen LogP contribution in [0.1, 0.15) is 34.1 Å². The van der Waals surface area contributed by atoms with E-state index in [-0.39, 0.29) is 13.2 Å². The van der Waals surface area contributed by atoms with Gasteiger partial charge in [-0.1, -0.05) is 20.8 Å². The van der Waals surface area contributed by atoms with Gasteiger partial charge in [-0.15, -0.1) is 0 Å². The number of amides is 1. The standard InChI is InChI=1S/C14H23NO6/c1-6-20-11(17)7-10(16)15-9(12(18)19-5)8-21-13(15)14(2,3)4/h9,13H,6-8H2,1-5H3/t9-,13-/m0/s1. The number of ether oxygens (including phenoxy) is 3. The Labute approximate surface area is 124 Å². The Morgan fingerprint density at radius 1 is 1.29 bits per heavy atom. The maximum Gasteiger partial charge on any atom is 0.331 e. The van der Waals surface area contributed by atoms with E-state index in [1.165, 1.54) is 12.0 Å². The van der Waals surface area contributed by atoms with Crippen molar-refractivity contribution in [2.45, 2.75) is 46.4 Å². The van der Waals surface area contributed by atoms with Gasteiger partial charge in [-0.05, 0) is 6.92 Å². The summed E-state index contributed by atoms with van der Waals surface area (Å²) in [5.41, 5.74) is -0.396. The topological polar surface area (TPSA) is 82.1 Å². The number of nitrogens with zero attached hydrogens (tertiary/aromatic N) is 1. The first-order valence-electron chi connectivity index (χ1n) is 6.88. The molecule has 120 valence electrons. The predicted molar refractivity (Wildman–Crippen MR) is 73.1 cm³/mol. The monoisotopic (exact) mass is 301 g/mol. The molecule has 0 N–H and O–H groups in total. The third-order valence-electron chi connectivity index (χ3n) is 3.10. The number of rotatable bonds is 4. The lowest BCUT2D eigenvalue weighted by atomic mass is 9.93. The fourth-order valence-electron chi connectivity index (χ4n) is 2.22. The van der Waals surface area contributed by atoms with Crippen LogP contribution >= 0.6 is 0 Å². The highest BCUT2D eigenvalue weighted by molar-refractivity contribution is 5.96. The summed E-state index contributed by atoms with van der Waals surface area (Å²) in [5, 5.41) is 0. The van der Waals surface area contributed by atoms with Gasteiger partial charge < -0.3 is 14.2 Å². The predicted octanol–water partition coefficient (Wildman–Crippen LogP) is 0.712. The van der Waals surface area contributed by atoms with Crippen molar-refractivity contribution in [1.82, 2.24) is 4.90 Å². The first-order chi connectivity index (χ1) is 9.72. The second kappa shape index (κ2) is 6.89. The molecule has 0 spiro atoms. The van der Waals surface area contributed by atoms with E-state index < -0.39 is 42.0 Å². The van der Waals surface area contributed by atoms with Crippen LogP contribution in [0.25, 0.3) is 0 Å². The van der Waals surface area contributed by atoms with Crippen LogP contribution in [-0.4, -0.2) is 55.3 Å². The lowest BCUT2D eigenvalue weighted by Gasteiger charge is -2.35. The zero-order valence-corrected chi connectivity index (χ0v) is 13.2. The second-order valence-corrected chi connectivity index (χ2v) is 5.87. The van der Waals surface area contributed by atoms with Crippen LogP contribution in [0.5, 0.6) is 0 Å². The third-order valence-corrected chi connectivity index (χ3v) is 3.10. The van der Waals surface area contributed by atoms with E-state index in [2.05, 4.69) is 0 Å².